The normalized spacial score (nSPS) is 11.1. The van der Waals surface area contributed by atoms with Crippen molar-refractivity contribution < 1.29 is 27.6 Å². The van der Waals surface area contributed by atoms with E-state index in [1.807, 2.05) is 0 Å². The molecule has 2 aromatic carbocycles. The molecule has 2 aromatic rings. The highest BCUT2D eigenvalue weighted by atomic mass is 32.2. The van der Waals surface area contributed by atoms with Gasteiger partial charge in [0.2, 0.25) is 15.8 Å². The lowest BCUT2D eigenvalue weighted by Gasteiger charge is -2.16. The van der Waals surface area contributed by atoms with E-state index in [-0.39, 0.29) is 17.1 Å². The molecule has 0 atom stereocenters. The van der Waals surface area contributed by atoms with Crippen LogP contribution in [-0.4, -0.2) is 34.7 Å². The summed E-state index contributed by atoms with van der Waals surface area (Å²) in [6.07, 6.45) is 0. The van der Waals surface area contributed by atoms with Gasteiger partial charge in [-0.05, 0) is 19.1 Å². The van der Waals surface area contributed by atoms with Crippen molar-refractivity contribution in [2.75, 3.05) is 21.3 Å². The quantitative estimate of drug-likeness (QED) is 0.538. The van der Waals surface area contributed by atoms with Crippen molar-refractivity contribution in [2.45, 2.75) is 18.4 Å². The Labute approximate surface area is 157 Å². The van der Waals surface area contributed by atoms with Crippen molar-refractivity contribution in [3.8, 4) is 17.2 Å². The zero-order valence-electron chi connectivity index (χ0n) is 15.3. The van der Waals surface area contributed by atoms with Gasteiger partial charge in [-0.2, -0.15) is 0 Å². The number of nitrogens with one attached hydrogen (secondary N) is 1. The van der Waals surface area contributed by atoms with Gasteiger partial charge in [-0.15, -0.1) is 0 Å². The number of ether oxygens (including phenoxy) is 3. The van der Waals surface area contributed by atoms with Crippen molar-refractivity contribution >= 4 is 15.7 Å². The number of aryl methyl sites for hydroxylation is 1. The Morgan fingerprint density at radius 3 is 2.26 bits per heavy atom. The molecule has 0 radical (unpaired) electrons. The SMILES string of the molecule is COc1ccc(CNS(=O)(=O)c2ccc(C)c([N+](=O)[O-])c2)c(OC)c1OC. The summed E-state index contributed by atoms with van der Waals surface area (Å²) >= 11 is 0. The standard InChI is InChI=1S/C17H20N2O7S/c1-11-5-7-13(9-14(11)19(20)21)27(22,23)18-10-12-6-8-15(24-2)17(26-4)16(12)25-3/h5-9,18H,10H2,1-4H3. The summed E-state index contributed by atoms with van der Waals surface area (Å²) in [4.78, 5) is 10.2. The number of rotatable bonds is 8. The predicted molar refractivity (Wildman–Crippen MR) is 98.0 cm³/mol. The van der Waals surface area contributed by atoms with E-state index in [1.54, 1.807) is 12.1 Å². The Hall–Kier alpha value is -2.85. The fraction of sp³-hybridized carbons (Fsp3) is 0.294. The maximum Gasteiger partial charge on any atom is 0.273 e. The molecule has 146 valence electrons. The second kappa shape index (κ2) is 8.23. The molecule has 0 aliphatic carbocycles. The molecule has 2 rings (SSSR count). The van der Waals surface area contributed by atoms with Crippen LogP contribution in [0.15, 0.2) is 35.2 Å². The lowest BCUT2D eigenvalue weighted by molar-refractivity contribution is -0.385. The molecule has 0 spiro atoms. The largest absolute Gasteiger partial charge is 0.493 e. The Bertz CT molecular complexity index is 958. The number of methoxy groups -OCH3 is 3. The molecule has 0 fully saturated rings. The van der Waals surface area contributed by atoms with E-state index < -0.39 is 14.9 Å². The van der Waals surface area contributed by atoms with Gasteiger partial charge in [0.15, 0.2) is 11.5 Å². The van der Waals surface area contributed by atoms with E-state index in [1.165, 1.54) is 40.4 Å². The lowest BCUT2D eigenvalue weighted by atomic mass is 10.1. The highest BCUT2D eigenvalue weighted by Gasteiger charge is 2.21. The van der Waals surface area contributed by atoms with E-state index >= 15 is 0 Å². The van der Waals surface area contributed by atoms with E-state index in [0.29, 0.717) is 28.4 Å². The summed E-state index contributed by atoms with van der Waals surface area (Å²) < 4.78 is 43.3. The minimum atomic E-state index is -3.97. The first-order chi connectivity index (χ1) is 12.7. The van der Waals surface area contributed by atoms with Crippen molar-refractivity contribution in [3.05, 3.63) is 51.6 Å². The van der Waals surface area contributed by atoms with Crippen LogP contribution >= 0.6 is 0 Å². The maximum atomic E-state index is 12.5. The number of nitrogens with zero attached hydrogens (tertiary/aromatic N) is 1. The molecule has 27 heavy (non-hydrogen) atoms. The third-order valence-corrected chi connectivity index (χ3v) is 5.32. The molecular formula is C17H20N2O7S. The average Bonchev–Trinajstić information content (AvgIpc) is 2.65. The molecule has 9 nitrogen and oxygen atoms in total. The highest BCUT2D eigenvalue weighted by molar-refractivity contribution is 7.89. The van der Waals surface area contributed by atoms with Gasteiger partial charge in [0.1, 0.15) is 0 Å². The minimum Gasteiger partial charge on any atom is -0.493 e. The van der Waals surface area contributed by atoms with Crippen LogP contribution in [0.5, 0.6) is 17.2 Å². The summed E-state index contributed by atoms with van der Waals surface area (Å²) in [5.74, 6) is 1.10. The number of sulfonamides is 1. The number of hydrogen-bond acceptors (Lipinski definition) is 7. The van der Waals surface area contributed by atoms with Crippen LogP contribution in [0.1, 0.15) is 11.1 Å². The zero-order valence-corrected chi connectivity index (χ0v) is 16.1. The molecule has 0 saturated heterocycles. The van der Waals surface area contributed by atoms with Crippen molar-refractivity contribution in [3.63, 3.8) is 0 Å². The topological polar surface area (TPSA) is 117 Å². The van der Waals surface area contributed by atoms with Crippen LogP contribution in [-0.2, 0) is 16.6 Å². The molecule has 0 unspecified atom stereocenters. The van der Waals surface area contributed by atoms with Crippen LogP contribution in [0.4, 0.5) is 5.69 Å². The summed E-state index contributed by atoms with van der Waals surface area (Å²) in [6.45, 7) is 1.43. The number of nitro benzene ring substituents is 1. The number of benzene rings is 2. The van der Waals surface area contributed by atoms with Gasteiger partial charge in [0.25, 0.3) is 5.69 Å². The molecule has 0 aliphatic heterocycles. The summed E-state index contributed by atoms with van der Waals surface area (Å²) in [5.41, 5.74) is 0.627. The summed E-state index contributed by atoms with van der Waals surface area (Å²) in [6, 6.07) is 7.01. The van der Waals surface area contributed by atoms with Gasteiger partial charge in [0.05, 0.1) is 31.1 Å². The Morgan fingerprint density at radius 2 is 1.70 bits per heavy atom. The van der Waals surface area contributed by atoms with Crippen LogP contribution in [0.3, 0.4) is 0 Å². The first kappa shape index (κ1) is 20.5. The van der Waals surface area contributed by atoms with Crippen molar-refractivity contribution in [1.29, 1.82) is 0 Å². The fourth-order valence-corrected chi connectivity index (χ4v) is 3.54. The van der Waals surface area contributed by atoms with E-state index in [9.17, 15) is 18.5 Å². The summed E-state index contributed by atoms with van der Waals surface area (Å²) in [7, 11) is 0.376. The monoisotopic (exact) mass is 396 g/mol. The third-order valence-electron chi connectivity index (χ3n) is 3.93. The summed E-state index contributed by atoms with van der Waals surface area (Å²) in [5, 5.41) is 11.0. The second-order valence-corrected chi connectivity index (χ2v) is 7.29. The fourth-order valence-electron chi connectivity index (χ4n) is 2.51. The molecule has 10 heteroatoms. The first-order valence-electron chi connectivity index (χ1n) is 7.77. The van der Waals surface area contributed by atoms with Gasteiger partial charge >= 0.3 is 0 Å². The molecule has 0 heterocycles. The van der Waals surface area contributed by atoms with E-state index in [2.05, 4.69) is 4.72 Å². The van der Waals surface area contributed by atoms with Crippen molar-refractivity contribution in [2.24, 2.45) is 0 Å². The van der Waals surface area contributed by atoms with Crippen LogP contribution < -0.4 is 18.9 Å². The van der Waals surface area contributed by atoms with E-state index in [4.69, 9.17) is 14.2 Å². The average molecular weight is 396 g/mol. The molecule has 0 aliphatic rings. The van der Waals surface area contributed by atoms with Crippen LogP contribution in [0, 0.1) is 17.0 Å². The van der Waals surface area contributed by atoms with Crippen LogP contribution in [0.2, 0.25) is 0 Å². The highest BCUT2D eigenvalue weighted by Crippen LogP contribution is 2.39. The number of nitro groups is 1. The van der Waals surface area contributed by atoms with Gasteiger partial charge in [-0.1, -0.05) is 12.1 Å². The molecule has 0 amide bonds. The predicted octanol–water partition coefficient (Wildman–Crippen LogP) is 2.41. The molecular weight excluding hydrogens is 376 g/mol. The van der Waals surface area contributed by atoms with Gasteiger partial charge < -0.3 is 14.2 Å². The van der Waals surface area contributed by atoms with Gasteiger partial charge in [-0.25, -0.2) is 13.1 Å². The molecule has 0 saturated carbocycles. The third kappa shape index (κ3) is 4.29. The molecule has 1 N–H and O–H groups in total. The maximum absolute atomic E-state index is 12.5. The Kier molecular flexibility index (Phi) is 6.24. The Balaban J connectivity index is 2.33. The second-order valence-electron chi connectivity index (χ2n) is 5.52. The first-order valence-corrected chi connectivity index (χ1v) is 9.26. The smallest absolute Gasteiger partial charge is 0.273 e. The van der Waals surface area contributed by atoms with Gasteiger partial charge in [0, 0.05) is 23.7 Å². The molecule has 0 aromatic heterocycles. The lowest BCUT2D eigenvalue weighted by Crippen LogP contribution is -2.23. The van der Waals surface area contributed by atoms with Gasteiger partial charge in [-0.3, -0.25) is 10.1 Å². The minimum absolute atomic E-state index is 0.104. The van der Waals surface area contributed by atoms with E-state index in [0.717, 1.165) is 6.07 Å². The van der Waals surface area contributed by atoms with Crippen molar-refractivity contribution in [1.82, 2.24) is 4.72 Å². The Morgan fingerprint density at radius 1 is 1.04 bits per heavy atom. The molecule has 0 bridgehead atoms. The number of hydrogen-bond donors (Lipinski definition) is 1. The van der Waals surface area contributed by atoms with Crippen LogP contribution in [0.25, 0.3) is 0 Å². The zero-order chi connectivity index (χ0) is 20.2.